The molecule has 0 atom stereocenters. The number of hydrogen-bond acceptors (Lipinski definition) is 0. The molecule has 1 rings (SSSR count). The summed E-state index contributed by atoms with van der Waals surface area (Å²) in [6, 6.07) is 6.64. The summed E-state index contributed by atoms with van der Waals surface area (Å²) in [6.45, 7) is 0. The van der Waals surface area contributed by atoms with Gasteiger partial charge in [-0.2, -0.15) is 0 Å². The Labute approximate surface area is 77.4 Å². The molecule has 12 heavy (non-hydrogen) atoms. The van der Waals surface area contributed by atoms with Gasteiger partial charge in [-0.05, 0) is 37.0 Å². The normalized spacial score (nSPS) is 10.2. The van der Waals surface area contributed by atoms with Crippen molar-refractivity contribution in [2.24, 2.45) is 0 Å². The van der Waals surface area contributed by atoms with E-state index in [-0.39, 0.29) is 5.82 Å². The van der Waals surface area contributed by atoms with Crippen LogP contribution in [0.4, 0.5) is 4.39 Å². The summed E-state index contributed by atoms with van der Waals surface area (Å²) < 4.78 is 12.5. The Morgan fingerprint density at radius 2 is 1.75 bits per heavy atom. The number of rotatable bonds is 4. The number of halogens is 2. The van der Waals surface area contributed by atoms with Gasteiger partial charge in [0.15, 0.2) is 0 Å². The fourth-order valence-electron chi connectivity index (χ4n) is 1.07. The summed E-state index contributed by atoms with van der Waals surface area (Å²) in [5.41, 5.74) is 1.18. The molecule has 0 aliphatic heterocycles. The van der Waals surface area contributed by atoms with Gasteiger partial charge in [-0.3, -0.25) is 0 Å². The van der Waals surface area contributed by atoms with Crippen LogP contribution in [0, 0.1) is 5.82 Å². The van der Waals surface area contributed by atoms with Gasteiger partial charge in [-0.1, -0.05) is 12.1 Å². The van der Waals surface area contributed by atoms with Crippen LogP contribution in [0.5, 0.6) is 0 Å². The summed E-state index contributed by atoms with van der Waals surface area (Å²) in [5.74, 6) is 0.539. The third kappa shape index (κ3) is 3.22. The fraction of sp³-hybridized carbons (Fsp3) is 0.400. The van der Waals surface area contributed by atoms with Gasteiger partial charge < -0.3 is 0 Å². The molecule has 0 N–H and O–H groups in total. The first-order chi connectivity index (χ1) is 5.83. The maximum Gasteiger partial charge on any atom is 0.123 e. The quantitative estimate of drug-likeness (QED) is 0.500. The van der Waals surface area contributed by atoms with Crippen LogP contribution in [0.1, 0.15) is 18.4 Å². The van der Waals surface area contributed by atoms with Crippen molar-refractivity contribution in [3.8, 4) is 0 Å². The standard InChI is InChI=1S/C10H12ClF/c11-8-2-1-3-9-4-6-10(12)7-5-9/h4-7H,1-3,8H2. The van der Waals surface area contributed by atoms with Crippen molar-refractivity contribution < 1.29 is 4.39 Å². The van der Waals surface area contributed by atoms with Gasteiger partial charge >= 0.3 is 0 Å². The molecule has 0 aliphatic carbocycles. The second kappa shape index (κ2) is 5.15. The Kier molecular flexibility index (Phi) is 4.09. The number of benzene rings is 1. The smallest absolute Gasteiger partial charge is 0.123 e. The van der Waals surface area contributed by atoms with E-state index in [0.717, 1.165) is 19.3 Å². The molecule has 0 aromatic heterocycles. The van der Waals surface area contributed by atoms with Gasteiger partial charge in [0.1, 0.15) is 5.82 Å². The number of unbranched alkanes of at least 4 members (excludes halogenated alkanes) is 1. The number of aryl methyl sites for hydroxylation is 1. The number of hydrogen-bond donors (Lipinski definition) is 0. The lowest BCUT2D eigenvalue weighted by Gasteiger charge is -1.98. The van der Waals surface area contributed by atoms with E-state index < -0.39 is 0 Å². The van der Waals surface area contributed by atoms with Crippen molar-refractivity contribution >= 4 is 11.6 Å². The number of alkyl halides is 1. The second-order valence-corrected chi connectivity index (χ2v) is 3.15. The van der Waals surface area contributed by atoms with E-state index in [0.29, 0.717) is 5.88 Å². The minimum atomic E-state index is -0.170. The van der Waals surface area contributed by atoms with E-state index in [1.54, 1.807) is 0 Å². The maximum absolute atomic E-state index is 12.5. The highest BCUT2D eigenvalue weighted by Crippen LogP contribution is 2.06. The molecule has 0 unspecified atom stereocenters. The van der Waals surface area contributed by atoms with Crippen molar-refractivity contribution in [2.45, 2.75) is 19.3 Å². The molecule has 0 saturated carbocycles. The molecule has 0 amide bonds. The molecule has 0 spiro atoms. The highest BCUT2D eigenvalue weighted by molar-refractivity contribution is 6.17. The molecule has 66 valence electrons. The molecule has 0 bridgehead atoms. The first kappa shape index (κ1) is 9.53. The first-order valence-electron chi connectivity index (χ1n) is 4.13. The molecular formula is C10H12ClF. The van der Waals surface area contributed by atoms with Gasteiger partial charge in [0.25, 0.3) is 0 Å². The second-order valence-electron chi connectivity index (χ2n) is 2.77. The zero-order valence-electron chi connectivity index (χ0n) is 6.89. The molecule has 0 nitrogen and oxygen atoms in total. The van der Waals surface area contributed by atoms with E-state index >= 15 is 0 Å². The van der Waals surface area contributed by atoms with Crippen LogP contribution in [0.25, 0.3) is 0 Å². The van der Waals surface area contributed by atoms with E-state index in [1.165, 1.54) is 17.7 Å². The van der Waals surface area contributed by atoms with Crippen molar-refractivity contribution in [1.82, 2.24) is 0 Å². The highest BCUT2D eigenvalue weighted by Gasteiger charge is 1.93. The molecule has 0 heterocycles. The summed E-state index contributed by atoms with van der Waals surface area (Å²) in [5, 5.41) is 0. The molecule has 0 aliphatic rings. The zero-order valence-corrected chi connectivity index (χ0v) is 7.65. The lowest BCUT2D eigenvalue weighted by atomic mass is 10.1. The van der Waals surface area contributed by atoms with Crippen molar-refractivity contribution in [3.63, 3.8) is 0 Å². The monoisotopic (exact) mass is 186 g/mol. The summed E-state index contributed by atoms with van der Waals surface area (Å²) in [6.07, 6.45) is 3.10. The van der Waals surface area contributed by atoms with Gasteiger partial charge in [0.2, 0.25) is 0 Å². The fourth-order valence-corrected chi connectivity index (χ4v) is 1.26. The van der Waals surface area contributed by atoms with Crippen LogP contribution in [-0.2, 0) is 6.42 Å². The van der Waals surface area contributed by atoms with Crippen LogP contribution < -0.4 is 0 Å². The minimum Gasteiger partial charge on any atom is -0.207 e. The van der Waals surface area contributed by atoms with E-state index in [1.807, 2.05) is 12.1 Å². The van der Waals surface area contributed by atoms with E-state index in [4.69, 9.17) is 11.6 Å². The van der Waals surface area contributed by atoms with Gasteiger partial charge in [-0.15, -0.1) is 11.6 Å². The molecule has 0 saturated heterocycles. The Hall–Kier alpha value is -0.560. The summed E-state index contributed by atoms with van der Waals surface area (Å²) in [7, 11) is 0. The largest absolute Gasteiger partial charge is 0.207 e. The zero-order chi connectivity index (χ0) is 8.81. The maximum atomic E-state index is 12.5. The lowest BCUT2D eigenvalue weighted by Crippen LogP contribution is -1.86. The highest BCUT2D eigenvalue weighted by atomic mass is 35.5. The van der Waals surface area contributed by atoms with Crippen molar-refractivity contribution in [3.05, 3.63) is 35.6 Å². The average Bonchev–Trinajstić information content (AvgIpc) is 2.09. The first-order valence-corrected chi connectivity index (χ1v) is 4.67. The summed E-state index contributed by atoms with van der Waals surface area (Å²) >= 11 is 5.53. The SMILES string of the molecule is Fc1ccc(CCCCCl)cc1. The Bertz CT molecular complexity index is 218. The van der Waals surface area contributed by atoms with Crippen molar-refractivity contribution in [1.29, 1.82) is 0 Å². The minimum absolute atomic E-state index is 0.170. The molecule has 1 aromatic rings. The third-order valence-electron chi connectivity index (χ3n) is 1.76. The van der Waals surface area contributed by atoms with Crippen LogP contribution in [0.2, 0.25) is 0 Å². The average molecular weight is 187 g/mol. The molecule has 1 aromatic carbocycles. The van der Waals surface area contributed by atoms with Crippen molar-refractivity contribution in [2.75, 3.05) is 5.88 Å². The Morgan fingerprint density at radius 3 is 2.33 bits per heavy atom. The van der Waals surface area contributed by atoms with Crippen LogP contribution in [0.15, 0.2) is 24.3 Å². The van der Waals surface area contributed by atoms with Crippen LogP contribution in [-0.4, -0.2) is 5.88 Å². The Morgan fingerprint density at radius 1 is 1.08 bits per heavy atom. The van der Waals surface area contributed by atoms with Crippen LogP contribution in [0.3, 0.4) is 0 Å². The van der Waals surface area contributed by atoms with Gasteiger partial charge in [0.05, 0.1) is 0 Å². The predicted molar refractivity (Wildman–Crippen MR) is 50.1 cm³/mol. The molecular weight excluding hydrogens is 175 g/mol. The summed E-state index contributed by atoms with van der Waals surface area (Å²) in [4.78, 5) is 0. The molecule has 0 radical (unpaired) electrons. The lowest BCUT2D eigenvalue weighted by molar-refractivity contribution is 0.626. The van der Waals surface area contributed by atoms with Gasteiger partial charge in [-0.25, -0.2) is 4.39 Å². The van der Waals surface area contributed by atoms with E-state index in [2.05, 4.69) is 0 Å². The third-order valence-corrected chi connectivity index (χ3v) is 2.03. The molecule has 0 fully saturated rings. The van der Waals surface area contributed by atoms with Crippen LogP contribution >= 0.6 is 11.6 Å². The Balaban J connectivity index is 2.37. The predicted octanol–water partition coefficient (Wildman–Crippen LogP) is 3.39. The molecule has 2 heteroatoms. The van der Waals surface area contributed by atoms with E-state index in [9.17, 15) is 4.39 Å². The topological polar surface area (TPSA) is 0 Å². The van der Waals surface area contributed by atoms with Gasteiger partial charge in [0, 0.05) is 5.88 Å².